The summed E-state index contributed by atoms with van der Waals surface area (Å²) in [4.78, 5) is 0. The van der Waals surface area contributed by atoms with Crippen molar-refractivity contribution in [2.75, 3.05) is 6.61 Å². The van der Waals surface area contributed by atoms with E-state index in [0.717, 1.165) is 6.61 Å². The first-order valence-corrected chi connectivity index (χ1v) is 11.5. The maximum absolute atomic E-state index is 6.33. The molecule has 1 aliphatic rings. The topological polar surface area (TPSA) is 21.3 Å². The number of rotatable bonds is 16. The van der Waals surface area contributed by atoms with E-state index in [4.69, 9.17) is 4.74 Å². The van der Waals surface area contributed by atoms with Crippen LogP contribution in [0.25, 0.3) is 0 Å². The van der Waals surface area contributed by atoms with Gasteiger partial charge in [-0.05, 0) is 39.5 Å². The van der Waals surface area contributed by atoms with Crippen molar-refractivity contribution in [3.8, 4) is 0 Å². The fraction of sp³-hybridized carbons (Fsp3) is 1.00. The molecule has 1 aliphatic heterocycles. The van der Waals surface area contributed by atoms with Crippen molar-refractivity contribution in [1.29, 1.82) is 0 Å². The highest BCUT2D eigenvalue weighted by atomic mass is 16.5. The van der Waals surface area contributed by atoms with Crippen LogP contribution in [0.3, 0.4) is 0 Å². The predicted octanol–water partition coefficient (Wildman–Crippen LogP) is 7.36. The molecule has 150 valence electrons. The number of hydrogen-bond acceptors (Lipinski definition) is 2. The van der Waals surface area contributed by atoms with Gasteiger partial charge in [0.15, 0.2) is 0 Å². The molecule has 0 saturated carbocycles. The third-order valence-corrected chi connectivity index (χ3v) is 5.64. The summed E-state index contributed by atoms with van der Waals surface area (Å²) >= 11 is 0. The van der Waals surface area contributed by atoms with Crippen molar-refractivity contribution in [2.45, 2.75) is 142 Å². The summed E-state index contributed by atoms with van der Waals surface area (Å²) in [5.41, 5.74) is 0.110. The molecule has 2 heteroatoms. The summed E-state index contributed by atoms with van der Waals surface area (Å²) in [7, 11) is 0. The van der Waals surface area contributed by atoms with Crippen molar-refractivity contribution in [1.82, 2.24) is 5.32 Å². The van der Waals surface area contributed by atoms with Gasteiger partial charge in [-0.25, -0.2) is 0 Å². The molecule has 0 bridgehead atoms. The molecule has 0 atom stereocenters. The fourth-order valence-electron chi connectivity index (χ4n) is 4.14. The van der Waals surface area contributed by atoms with E-state index in [1.54, 1.807) is 0 Å². The summed E-state index contributed by atoms with van der Waals surface area (Å²) < 4.78 is 6.33. The molecule has 0 amide bonds. The lowest BCUT2D eigenvalue weighted by atomic mass is 9.95. The molecule has 0 aromatic heterocycles. The van der Waals surface area contributed by atoms with Gasteiger partial charge in [0.1, 0.15) is 5.72 Å². The quantitative estimate of drug-likeness (QED) is 0.293. The molecule has 1 saturated heterocycles. The molecule has 1 rings (SSSR count). The van der Waals surface area contributed by atoms with E-state index in [9.17, 15) is 0 Å². The van der Waals surface area contributed by atoms with E-state index in [0.29, 0.717) is 0 Å². The second kappa shape index (κ2) is 13.1. The first-order chi connectivity index (χ1) is 12.0. The standard InChI is InChI=1S/C23H47NO/c1-5-7-9-11-13-15-17-19-23(24-22(3,4)21-25-23)20-18-16-14-12-10-8-6-2/h24H,5-21H2,1-4H3. The smallest absolute Gasteiger partial charge is 0.119 e. The Hall–Kier alpha value is -0.0800. The maximum Gasteiger partial charge on any atom is 0.119 e. The summed E-state index contributed by atoms with van der Waals surface area (Å²) in [5.74, 6) is 0. The maximum atomic E-state index is 6.33. The average Bonchev–Trinajstić information content (AvgIpc) is 2.89. The first-order valence-electron chi connectivity index (χ1n) is 11.5. The number of hydrogen-bond donors (Lipinski definition) is 1. The van der Waals surface area contributed by atoms with Gasteiger partial charge in [0.25, 0.3) is 0 Å². The Morgan fingerprint density at radius 2 is 1.04 bits per heavy atom. The van der Waals surface area contributed by atoms with E-state index < -0.39 is 0 Å². The molecule has 0 aromatic rings. The van der Waals surface area contributed by atoms with E-state index in [1.807, 2.05) is 0 Å². The molecule has 25 heavy (non-hydrogen) atoms. The number of unbranched alkanes of at least 4 members (excludes halogenated alkanes) is 12. The highest BCUT2D eigenvalue weighted by Gasteiger charge is 2.42. The minimum Gasteiger partial charge on any atom is -0.359 e. The largest absolute Gasteiger partial charge is 0.359 e. The van der Waals surface area contributed by atoms with Crippen molar-refractivity contribution < 1.29 is 4.74 Å². The number of ether oxygens (including phenoxy) is 1. The molecule has 0 aromatic carbocycles. The van der Waals surface area contributed by atoms with Crippen molar-refractivity contribution >= 4 is 0 Å². The Morgan fingerprint density at radius 3 is 1.40 bits per heavy atom. The van der Waals surface area contributed by atoms with Gasteiger partial charge in [0, 0.05) is 5.54 Å². The minimum atomic E-state index is -0.0314. The Bertz CT molecular complexity index is 295. The zero-order valence-corrected chi connectivity index (χ0v) is 17.9. The lowest BCUT2D eigenvalue weighted by molar-refractivity contribution is -0.0276. The highest BCUT2D eigenvalue weighted by Crippen LogP contribution is 2.33. The second-order valence-electron chi connectivity index (χ2n) is 9.03. The van der Waals surface area contributed by atoms with Crippen LogP contribution in [-0.4, -0.2) is 17.9 Å². The van der Waals surface area contributed by atoms with Gasteiger partial charge in [-0.15, -0.1) is 0 Å². The van der Waals surface area contributed by atoms with Gasteiger partial charge in [0.05, 0.1) is 6.61 Å². The van der Waals surface area contributed by atoms with Crippen LogP contribution in [0.15, 0.2) is 0 Å². The van der Waals surface area contributed by atoms with Gasteiger partial charge in [-0.3, -0.25) is 5.32 Å². The zero-order chi connectivity index (χ0) is 18.4. The Balaban J connectivity index is 2.22. The molecular formula is C23H47NO. The van der Waals surface area contributed by atoms with Crippen molar-refractivity contribution in [2.24, 2.45) is 0 Å². The van der Waals surface area contributed by atoms with Crippen molar-refractivity contribution in [3.63, 3.8) is 0 Å². The zero-order valence-electron chi connectivity index (χ0n) is 17.9. The van der Waals surface area contributed by atoms with Crippen LogP contribution < -0.4 is 5.32 Å². The molecule has 0 spiro atoms. The van der Waals surface area contributed by atoms with Crippen LogP contribution in [-0.2, 0) is 4.74 Å². The highest BCUT2D eigenvalue weighted by molar-refractivity contribution is 4.94. The lowest BCUT2D eigenvalue weighted by Gasteiger charge is -2.31. The molecule has 0 unspecified atom stereocenters. The Morgan fingerprint density at radius 1 is 0.640 bits per heavy atom. The fourth-order valence-corrected chi connectivity index (χ4v) is 4.14. The summed E-state index contributed by atoms with van der Waals surface area (Å²) in [6, 6.07) is 0. The molecule has 1 N–H and O–H groups in total. The second-order valence-corrected chi connectivity index (χ2v) is 9.03. The van der Waals surface area contributed by atoms with E-state index in [2.05, 4.69) is 33.0 Å². The molecule has 1 heterocycles. The summed E-state index contributed by atoms with van der Waals surface area (Å²) in [5, 5.41) is 3.84. The van der Waals surface area contributed by atoms with Crippen LogP contribution in [0.4, 0.5) is 0 Å². The van der Waals surface area contributed by atoms with E-state index >= 15 is 0 Å². The predicted molar refractivity (Wildman–Crippen MR) is 111 cm³/mol. The van der Waals surface area contributed by atoms with Gasteiger partial charge in [-0.1, -0.05) is 90.9 Å². The third-order valence-electron chi connectivity index (χ3n) is 5.64. The van der Waals surface area contributed by atoms with Gasteiger partial charge in [-0.2, -0.15) is 0 Å². The van der Waals surface area contributed by atoms with E-state index in [1.165, 1.54) is 103 Å². The third kappa shape index (κ3) is 10.6. The van der Waals surface area contributed by atoms with Crippen molar-refractivity contribution in [3.05, 3.63) is 0 Å². The molecule has 0 radical (unpaired) electrons. The lowest BCUT2D eigenvalue weighted by Crippen LogP contribution is -2.48. The molecule has 0 aliphatic carbocycles. The van der Waals surface area contributed by atoms with Crippen LogP contribution >= 0.6 is 0 Å². The van der Waals surface area contributed by atoms with Gasteiger partial charge >= 0.3 is 0 Å². The van der Waals surface area contributed by atoms with Crippen LogP contribution in [0.2, 0.25) is 0 Å². The minimum absolute atomic E-state index is 0.0314. The van der Waals surface area contributed by atoms with E-state index in [-0.39, 0.29) is 11.3 Å². The monoisotopic (exact) mass is 353 g/mol. The summed E-state index contributed by atoms with van der Waals surface area (Å²) in [6.07, 6.45) is 21.7. The Labute approximate surface area is 158 Å². The normalized spacial score (nSPS) is 18.7. The van der Waals surface area contributed by atoms with Crippen LogP contribution in [0.5, 0.6) is 0 Å². The molecule has 2 nitrogen and oxygen atoms in total. The first kappa shape index (κ1) is 23.0. The van der Waals surface area contributed by atoms with Crippen LogP contribution in [0.1, 0.15) is 130 Å². The Kier molecular flexibility index (Phi) is 12.1. The molecular weight excluding hydrogens is 306 g/mol. The molecule has 1 fully saturated rings. The van der Waals surface area contributed by atoms with Gasteiger partial charge in [0.2, 0.25) is 0 Å². The SMILES string of the molecule is CCCCCCCCCC1(CCCCCCCCC)NC(C)(C)CO1. The summed E-state index contributed by atoms with van der Waals surface area (Å²) in [6.45, 7) is 10.0. The number of nitrogens with one attached hydrogen (secondary N) is 1. The van der Waals surface area contributed by atoms with Crippen LogP contribution in [0, 0.1) is 0 Å². The van der Waals surface area contributed by atoms with Gasteiger partial charge < -0.3 is 4.74 Å². The average molecular weight is 354 g/mol.